The fourth-order valence-corrected chi connectivity index (χ4v) is 4.22. The number of nitrogens with zero attached hydrogens (tertiary/aromatic N) is 3. The molecule has 2 saturated carbocycles. The Labute approximate surface area is 117 Å². The predicted molar refractivity (Wildman–Crippen MR) is 76.7 cm³/mol. The summed E-state index contributed by atoms with van der Waals surface area (Å²) in [4.78, 5) is 11.1. The molecule has 1 aromatic rings. The van der Waals surface area contributed by atoms with Crippen LogP contribution in [-0.2, 0) is 0 Å². The molecule has 3 rings (SSSR count). The van der Waals surface area contributed by atoms with Gasteiger partial charge in [0.15, 0.2) is 0 Å². The van der Waals surface area contributed by atoms with E-state index in [2.05, 4.69) is 37.8 Å². The molecule has 0 radical (unpaired) electrons. The second-order valence-electron chi connectivity index (χ2n) is 5.91. The van der Waals surface area contributed by atoms with Gasteiger partial charge in [-0.3, -0.25) is 0 Å². The Balaban J connectivity index is 1.69. The molecule has 0 amide bonds. The number of hydrogen-bond donors (Lipinski definition) is 0. The Bertz CT molecular complexity index is 428. The third kappa shape index (κ3) is 2.40. The third-order valence-corrected chi connectivity index (χ3v) is 4.98. The number of halogens is 1. The van der Waals surface area contributed by atoms with E-state index in [1.54, 1.807) is 0 Å². The highest BCUT2D eigenvalue weighted by Gasteiger charge is 2.39. The van der Waals surface area contributed by atoms with Crippen LogP contribution >= 0.6 is 15.9 Å². The summed E-state index contributed by atoms with van der Waals surface area (Å²) in [5.41, 5.74) is 0. The van der Waals surface area contributed by atoms with Gasteiger partial charge < -0.3 is 4.90 Å². The van der Waals surface area contributed by atoms with Crippen LogP contribution < -0.4 is 4.90 Å². The zero-order valence-corrected chi connectivity index (χ0v) is 12.7. The van der Waals surface area contributed by atoms with Crippen molar-refractivity contribution in [1.82, 2.24) is 9.97 Å². The van der Waals surface area contributed by atoms with Gasteiger partial charge in [0.2, 0.25) is 0 Å². The number of fused-ring (bicyclic) bond motifs is 2. The second kappa shape index (κ2) is 4.80. The molecular weight excluding hydrogens is 290 g/mol. The largest absolute Gasteiger partial charge is 0.359 e. The van der Waals surface area contributed by atoms with Crippen molar-refractivity contribution in [2.45, 2.75) is 32.6 Å². The first kappa shape index (κ1) is 12.4. The molecular formula is C14H20BrN3. The summed E-state index contributed by atoms with van der Waals surface area (Å²) >= 11 is 3.45. The van der Waals surface area contributed by atoms with Crippen LogP contribution in [0, 0.1) is 24.7 Å². The number of aryl methyl sites for hydroxylation is 1. The monoisotopic (exact) mass is 309 g/mol. The highest BCUT2D eigenvalue weighted by Crippen LogP contribution is 2.48. The van der Waals surface area contributed by atoms with Crippen molar-refractivity contribution in [1.29, 1.82) is 0 Å². The Hall–Kier alpha value is -0.640. The molecule has 0 spiro atoms. The quantitative estimate of drug-likeness (QED) is 0.801. The van der Waals surface area contributed by atoms with Crippen molar-refractivity contribution >= 4 is 21.7 Å². The van der Waals surface area contributed by atoms with E-state index < -0.39 is 0 Å². The summed E-state index contributed by atoms with van der Waals surface area (Å²) in [6.45, 7) is 3.09. The van der Waals surface area contributed by atoms with Gasteiger partial charge >= 0.3 is 0 Å². The van der Waals surface area contributed by atoms with Crippen molar-refractivity contribution in [3.05, 3.63) is 16.5 Å². The van der Waals surface area contributed by atoms with Crippen LogP contribution in [0.4, 0.5) is 5.82 Å². The van der Waals surface area contributed by atoms with E-state index in [1.165, 1.54) is 25.7 Å². The molecule has 2 bridgehead atoms. The lowest BCUT2D eigenvalue weighted by molar-refractivity contribution is 0.337. The zero-order valence-electron chi connectivity index (χ0n) is 11.1. The van der Waals surface area contributed by atoms with Gasteiger partial charge in [-0.15, -0.1) is 0 Å². The molecule has 4 heteroatoms. The average molecular weight is 310 g/mol. The van der Waals surface area contributed by atoms with Gasteiger partial charge in [0.05, 0.1) is 0 Å². The van der Waals surface area contributed by atoms with E-state index in [4.69, 9.17) is 0 Å². The zero-order chi connectivity index (χ0) is 12.7. The Morgan fingerprint density at radius 2 is 2.17 bits per heavy atom. The van der Waals surface area contributed by atoms with Gasteiger partial charge in [-0.05, 0) is 59.9 Å². The van der Waals surface area contributed by atoms with Crippen molar-refractivity contribution in [2.75, 3.05) is 18.5 Å². The van der Waals surface area contributed by atoms with Crippen molar-refractivity contribution < 1.29 is 0 Å². The molecule has 0 aromatic carbocycles. The molecule has 3 unspecified atom stereocenters. The second-order valence-corrected chi connectivity index (χ2v) is 6.72. The molecule has 0 aliphatic heterocycles. The molecule has 98 valence electrons. The summed E-state index contributed by atoms with van der Waals surface area (Å²) in [6.07, 6.45) is 5.84. The van der Waals surface area contributed by atoms with Gasteiger partial charge in [-0.1, -0.05) is 6.42 Å². The van der Waals surface area contributed by atoms with Crippen molar-refractivity contribution in [3.8, 4) is 0 Å². The SMILES string of the molecule is Cc1nc(Br)cc(N(C)CC2CC3CCC2C3)n1. The first-order chi connectivity index (χ1) is 8.61. The molecule has 1 heterocycles. The molecule has 3 atom stereocenters. The summed E-state index contributed by atoms with van der Waals surface area (Å²) in [6, 6.07) is 2.01. The van der Waals surface area contributed by atoms with E-state index >= 15 is 0 Å². The van der Waals surface area contributed by atoms with Crippen LogP contribution in [0.1, 0.15) is 31.5 Å². The van der Waals surface area contributed by atoms with E-state index in [1.807, 2.05) is 13.0 Å². The van der Waals surface area contributed by atoms with Crippen molar-refractivity contribution in [2.24, 2.45) is 17.8 Å². The summed E-state index contributed by atoms with van der Waals surface area (Å²) in [7, 11) is 2.15. The fourth-order valence-electron chi connectivity index (χ4n) is 3.76. The number of anilines is 1. The standard InChI is InChI=1S/C14H20BrN3/c1-9-16-13(15)7-14(17-9)18(2)8-12-6-10-3-4-11(12)5-10/h7,10-12H,3-6,8H2,1-2H3. The van der Waals surface area contributed by atoms with Crippen LogP contribution in [0.25, 0.3) is 0 Å². The van der Waals surface area contributed by atoms with Crippen LogP contribution in [0.5, 0.6) is 0 Å². The maximum Gasteiger partial charge on any atom is 0.133 e. The summed E-state index contributed by atoms with van der Waals surface area (Å²) in [5.74, 6) is 4.75. The molecule has 1 aromatic heterocycles. The minimum atomic E-state index is 0.833. The molecule has 0 N–H and O–H groups in total. The normalized spacial score (nSPS) is 29.8. The third-order valence-electron chi connectivity index (χ3n) is 4.58. The average Bonchev–Trinajstić information content (AvgIpc) is 2.89. The predicted octanol–water partition coefficient (Wildman–Crippen LogP) is 3.42. The van der Waals surface area contributed by atoms with E-state index in [0.29, 0.717) is 0 Å². The highest BCUT2D eigenvalue weighted by atomic mass is 79.9. The van der Waals surface area contributed by atoms with E-state index in [0.717, 1.165) is 40.5 Å². The minimum absolute atomic E-state index is 0.833. The summed E-state index contributed by atoms with van der Waals surface area (Å²) < 4.78 is 0.879. The van der Waals surface area contributed by atoms with Gasteiger partial charge in [0.1, 0.15) is 16.2 Å². The number of aromatic nitrogens is 2. The van der Waals surface area contributed by atoms with Crippen LogP contribution in [-0.4, -0.2) is 23.6 Å². The first-order valence-corrected chi connectivity index (χ1v) is 7.63. The lowest BCUT2D eigenvalue weighted by Gasteiger charge is -2.28. The molecule has 18 heavy (non-hydrogen) atoms. The number of hydrogen-bond acceptors (Lipinski definition) is 3. The van der Waals surface area contributed by atoms with Crippen LogP contribution in [0.3, 0.4) is 0 Å². The number of rotatable bonds is 3. The fraction of sp³-hybridized carbons (Fsp3) is 0.714. The van der Waals surface area contributed by atoms with Gasteiger partial charge in [-0.2, -0.15) is 0 Å². The van der Waals surface area contributed by atoms with Crippen LogP contribution in [0.15, 0.2) is 10.7 Å². The molecule has 3 nitrogen and oxygen atoms in total. The van der Waals surface area contributed by atoms with E-state index in [9.17, 15) is 0 Å². The minimum Gasteiger partial charge on any atom is -0.359 e. The Morgan fingerprint density at radius 3 is 2.78 bits per heavy atom. The molecule has 2 fully saturated rings. The smallest absolute Gasteiger partial charge is 0.133 e. The van der Waals surface area contributed by atoms with Crippen molar-refractivity contribution in [3.63, 3.8) is 0 Å². The Morgan fingerprint density at radius 1 is 1.33 bits per heavy atom. The maximum atomic E-state index is 4.52. The molecule has 2 aliphatic carbocycles. The lowest BCUT2D eigenvalue weighted by atomic mass is 9.88. The molecule has 2 aliphatic rings. The Kier molecular flexibility index (Phi) is 3.31. The lowest BCUT2D eigenvalue weighted by Crippen LogP contribution is -2.29. The van der Waals surface area contributed by atoms with Gasteiger partial charge in [0, 0.05) is 19.7 Å². The summed E-state index contributed by atoms with van der Waals surface area (Å²) in [5, 5.41) is 0. The maximum absolute atomic E-state index is 4.52. The highest BCUT2D eigenvalue weighted by molar-refractivity contribution is 9.10. The first-order valence-electron chi connectivity index (χ1n) is 6.84. The van der Waals surface area contributed by atoms with Gasteiger partial charge in [0.25, 0.3) is 0 Å². The van der Waals surface area contributed by atoms with Gasteiger partial charge in [-0.25, -0.2) is 9.97 Å². The van der Waals surface area contributed by atoms with E-state index in [-0.39, 0.29) is 0 Å². The molecule has 0 saturated heterocycles. The topological polar surface area (TPSA) is 29.0 Å². The van der Waals surface area contributed by atoms with Crippen LogP contribution in [0.2, 0.25) is 0 Å².